The van der Waals surface area contributed by atoms with Crippen molar-refractivity contribution in [3.05, 3.63) is 17.3 Å². The predicted octanol–water partition coefficient (Wildman–Crippen LogP) is 1.86. The van der Waals surface area contributed by atoms with E-state index in [0.717, 1.165) is 40.7 Å². The van der Waals surface area contributed by atoms with Crippen LogP contribution in [0.2, 0.25) is 0 Å². The Hall–Kier alpha value is -0.400. The summed E-state index contributed by atoms with van der Waals surface area (Å²) < 4.78 is 13.5. The Morgan fingerprint density at radius 1 is 1.47 bits per heavy atom. The van der Waals surface area contributed by atoms with Crippen molar-refractivity contribution in [3.63, 3.8) is 0 Å². The standard InChI is InChI=1S/C10H12BrN3OS2/c11-7-8-9(12-10-14(8)1-4-16-10)13-2-5-17(15)6-3-13/h1,4H,2-3,5-7H2. The predicted molar refractivity (Wildman–Crippen MR) is 75.8 cm³/mol. The van der Waals surface area contributed by atoms with Crippen LogP contribution >= 0.6 is 27.3 Å². The van der Waals surface area contributed by atoms with E-state index in [4.69, 9.17) is 0 Å². The van der Waals surface area contributed by atoms with Gasteiger partial charge in [0.2, 0.25) is 0 Å². The van der Waals surface area contributed by atoms with Gasteiger partial charge in [-0.3, -0.25) is 8.61 Å². The summed E-state index contributed by atoms with van der Waals surface area (Å²) >= 11 is 5.18. The molecule has 0 spiro atoms. The number of nitrogens with zero attached hydrogens (tertiary/aromatic N) is 3. The topological polar surface area (TPSA) is 37.6 Å². The van der Waals surface area contributed by atoms with Crippen LogP contribution in [0.25, 0.3) is 4.96 Å². The lowest BCUT2D eigenvalue weighted by Crippen LogP contribution is -2.38. The van der Waals surface area contributed by atoms with E-state index >= 15 is 0 Å². The first-order valence-electron chi connectivity index (χ1n) is 5.40. The van der Waals surface area contributed by atoms with Gasteiger partial charge in [0.1, 0.15) is 0 Å². The second-order valence-electron chi connectivity index (χ2n) is 3.91. The monoisotopic (exact) mass is 333 g/mol. The largest absolute Gasteiger partial charge is 0.353 e. The van der Waals surface area contributed by atoms with E-state index in [1.807, 2.05) is 5.38 Å². The summed E-state index contributed by atoms with van der Waals surface area (Å²) in [6.07, 6.45) is 2.05. The summed E-state index contributed by atoms with van der Waals surface area (Å²) in [7, 11) is -0.637. The number of anilines is 1. The molecule has 0 aliphatic carbocycles. The number of halogens is 1. The summed E-state index contributed by atoms with van der Waals surface area (Å²) in [4.78, 5) is 7.95. The van der Waals surface area contributed by atoms with Crippen molar-refractivity contribution in [2.75, 3.05) is 29.5 Å². The van der Waals surface area contributed by atoms with Crippen LogP contribution in [0, 0.1) is 0 Å². The van der Waals surface area contributed by atoms with Gasteiger partial charge in [0.05, 0.1) is 5.69 Å². The molecule has 2 aromatic rings. The molecule has 0 unspecified atom stereocenters. The molecule has 0 bridgehead atoms. The molecule has 3 rings (SSSR count). The number of hydrogen-bond acceptors (Lipinski definition) is 4. The van der Waals surface area contributed by atoms with E-state index in [0.29, 0.717) is 0 Å². The van der Waals surface area contributed by atoms with Gasteiger partial charge in [0.25, 0.3) is 0 Å². The smallest absolute Gasteiger partial charge is 0.195 e. The van der Waals surface area contributed by atoms with Gasteiger partial charge in [0, 0.05) is 52.3 Å². The highest BCUT2D eigenvalue weighted by atomic mass is 79.9. The maximum absolute atomic E-state index is 11.4. The third kappa shape index (κ3) is 2.04. The number of fused-ring (bicyclic) bond motifs is 1. The lowest BCUT2D eigenvalue weighted by molar-refractivity contribution is 0.672. The van der Waals surface area contributed by atoms with Crippen molar-refractivity contribution >= 4 is 48.8 Å². The van der Waals surface area contributed by atoms with Crippen LogP contribution in [0.3, 0.4) is 0 Å². The second kappa shape index (κ2) is 4.70. The number of alkyl halides is 1. The molecule has 0 atom stereocenters. The SMILES string of the molecule is O=S1CCN(c2nc3sccn3c2CBr)CC1. The van der Waals surface area contributed by atoms with Crippen LogP contribution in [0.5, 0.6) is 0 Å². The molecule has 17 heavy (non-hydrogen) atoms. The van der Waals surface area contributed by atoms with Crippen molar-refractivity contribution in [2.45, 2.75) is 5.33 Å². The molecule has 0 N–H and O–H groups in total. The highest BCUT2D eigenvalue weighted by Gasteiger charge is 2.22. The number of hydrogen-bond donors (Lipinski definition) is 0. The molecule has 3 heterocycles. The minimum atomic E-state index is -0.637. The number of rotatable bonds is 2. The van der Waals surface area contributed by atoms with Crippen LogP contribution < -0.4 is 4.90 Å². The van der Waals surface area contributed by atoms with Crippen molar-refractivity contribution in [1.82, 2.24) is 9.38 Å². The Morgan fingerprint density at radius 2 is 2.24 bits per heavy atom. The van der Waals surface area contributed by atoms with E-state index in [1.54, 1.807) is 11.3 Å². The van der Waals surface area contributed by atoms with E-state index < -0.39 is 10.8 Å². The zero-order chi connectivity index (χ0) is 11.8. The Kier molecular flexibility index (Phi) is 3.23. The normalized spacial score (nSPS) is 18.1. The number of aromatic nitrogens is 2. The molecular weight excluding hydrogens is 322 g/mol. The summed E-state index contributed by atoms with van der Waals surface area (Å²) in [5.41, 5.74) is 1.19. The first-order valence-corrected chi connectivity index (χ1v) is 8.89. The lowest BCUT2D eigenvalue weighted by atomic mass is 10.4. The fourth-order valence-electron chi connectivity index (χ4n) is 2.05. The maximum atomic E-state index is 11.4. The third-order valence-corrected chi connectivity index (χ3v) is 5.51. The number of imidazole rings is 1. The second-order valence-corrected chi connectivity index (χ2v) is 7.04. The summed E-state index contributed by atoms with van der Waals surface area (Å²) in [6, 6.07) is 0. The number of thiazole rings is 1. The minimum absolute atomic E-state index is 0.637. The Bertz CT molecular complexity index is 555. The third-order valence-electron chi connectivity index (χ3n) is 2.94. The molecule has 1 aliphatic heterocycles. The molecule has 1 saturated heterocycles. The molecule has 1 fully saturated rings. The van der Waals surface area contributed by atoms with E-state index in [-0.39, 0.29) is 0 Å². The van der Waals surface area contributed by atoms with Gasteiger partial charge in [-0.15, -0.1) is 11.3 Å². The average Bonchev–Trinajstić information content (AvgIpc) is 2.89. The van der Waals surface area contributed by atoms with Gasteiger partial charge in [0.15, 0.2) is 10.8 Å². The molecule has 4 nitrogen and oxygen atoms in total. The summed E-state index contributed by atoms with van der Waals surface area (Å²) in [5, 5.41) is 2.84. The van der Waals surface area contributed by atoms with E-state index in [9.17, 15) is 4.21 Å². The first-order chi connectivity index (χ1) is 8.29. The molecule has 2 aromatic heterocycles. The minimum Gasteiger partial charge on any atom is -0.353 e. The van der Waals surface area contributed by atoms with Crippen molar-refractivity contribution in [3.8, 4) is 0 Å². The Morgan fingerprint density at radius 3 is 2.94 bits per heavy atom. The summed E-state index contributed by atoms with van der Waals surface area (Å²) in [6.45, 7) is 1.69. The average molecular weight is 334 g/mol. The van der Waals surface area contributed by atoms with Crippen LogP contribution in [0.4, 0.5) is 5.82 Å². The van der Waals surface area contributed by atoms with Gasteiger partial charge >= 0.3 is 0 Å². The van der Waals surface area contributed by atoms with Crippen LogP contribution in [-0.4, -0.2) is 38.2 Å². The quantitative estimate of drug-likeness (QED) is 0.787. The summed E-state index contributed by atoms with van der Waals surface area (Å²) in [5.74, 6) is 2.56. The highest BCUT2D eigenvalue weighted by Crippen LogP contribution is 2.27. The molecule has 92 valence electrons. The highest BCUT2D eigenvalue weighted by molar-refractivity contribution is 9.08. The molecule has 7 heteroatoms. The zero-order valence-corrected chi connectivity index (χ0v) is 12.4. The van der Waals surface area contributed by atoms with Crippen molar-refractivity contribution < 1.29 is 4.21 Å². The Labute approximate surface area is 114 Å². The molecule has 0 aromatic carbocycles. The van der Waals surface area contributed by atoms with Gasteiger partial charge < -0.3 is 4.90 Å². The molecule has 1 aliphatic rings. The van der Waals surface area contributed by atoms with Gasteiger partial charge in [-0.25, -0.2) is 4.98 Å². The van der Waals surface area contributed by atoms with E-state index in [1.165, 1.54) is 5.69 Å². The lowest BCUT2D eigenvalue weighted by Gasteiger charge is -2.27. The van der Waals surface area contributed by atoms with Crippen molar-refractivity contribution in [1.29, 1.82) is 0 Å². The van der Waals surface area contributed by atoms with Gasteiger partial charge in [-0.1, -0.05) is 15.9 Å². The Balaban J connectivity index is 1.98. The molecule has 0 saturated carbocycles. The van der Waals surface area contributed by atoms with Gasteiger partial charge in [-0.2, -0.15) is 0 Å². The fraction of sp³-hybridized carbons (Fsp3) is 0.500. The zero-order valence-electron chi connectivity index (χ0n) is 9.13. The van der Waals surface area contributed by atoms with Crippen LogP contribution in [0.1, 0.15) is 5.69 Å². The maximum Gasteiger partial charge on any atom is 0.195 e. The van der Waals surface area contributed by atoms with E-state index in [2.05, 4.69) is 36.4 Å². The van der Waals surface area contributed by atoms with Crippen molar-refractivity contribution in [2.24, 2.45) is 0 Å². The van der Waals surface area contributed by atoms with Crippen LogP contribution in [-0.2, 0) is 16.1 Å². The van der Waals surface area contributed by atoms with Gasteiger partial charge in [-0.05, 0) is 0 Å². The molecular formula is C10H12BrN3OS2. The fourth-order valence-corrected chi connectivity index (χ4v) is 4.35. The molecule has 0 amide bonds. The molecule has 0 radical (unpaired) electrons. The van der Waals surface area contributed by atoms with Crippen LogP contribution in [0.15, 0.2) is 11.6 Å². The first kappa shape index (κ1) is 11.7.